The van der Waals surface area contributed by atoms with Gasteiger partial charge in [0, 0.05) is 5.41 Å². The van der Waals surface area contributed by atoms with E-state index in [2.05, 4.69) is 68.1 Å². The van der Waals surface area contributed by atoms with E-state index in [-0.39, 0.29) is 5.41 Å². The Hall–Kier alpha value is -1.82. The molecule has 0 amide bonds. The lowest BCUT2D eigenvalue weighted by Crippen LogP contribution is -2.21. The second-order valence-corrected chi connectivity index (χ2v) is 5.02. The molecule has 90 valence electrons. The highest BCUT2D eigenvalue weighted by atomic mass is 14.4. The van der Waals surface area contributed by atoms with Gasteiger partial charge in [0.2, 0.25) is 0 Å². The third kappa shape index (κ3) is 1.32. The van der Waals surface area contributed by atoms with E-state index in [1.165, 1.54) is 22.3 Å². The summed E-state index contributed by atoms with van der Waals surface area (Å²) in [6.45, 7) is 6.38. The minimum Gasteiger partial charge on any atom is -0.102 e. The summed E-state index contributed by atoms with van der Waals surface area (Å²) in [5.74, 6) is 0. The Kier molecular flexibility index (Phi) is 2.59. The molecule has 0 saturated heterocycles. The van der Waals surface area contributed by atoms with Crippen LogP contribution in [-0.2, 0) is 5.41 Å². The van der Waals surface area contributed by atoms with Gasteiger partial charge in [-0.2, -0.15) is 0 Å². The molecular weight excluding hydrogens is 216 g/mol. The van der Waals surface area contributed by atoms with Gasteiger partial charge in [0.15, 0.2) is 0 Å². The average molecular weight is 234 g/mol. The van der Waals surface area contributed by atoms with Crippen molar-refractivity contribution in [3.63, 3.8) is 0 Å². The molecule has 1 aliphatic carbocycles. The maximum atomic E-state index is 4.13. The molecule has 0 aliphatic heterocycles. The van der Waals surface area contributed by atoms with Crippen molar-refractivity contribution in [3.05, 3.63) is 72.3 Å². The van der Waals surface area contributed by atoms with Crippen molar-refractivity contribution in [2.24, 2.45) is 0 Å². The van der Waals surface area contributed by atoms with Crippen molar-refractivity contribution in [3.8, 4) is 11.1 Å². The Balaban J connectivity index is 2.36. The summed E-state index contributed by atoms with van der Waals surface area (Å²) in [5.41, 5.74) is 5.61. The van der Waals surface area contributed by atoms with Crippen LogP contribution in [0.1, 0.15) is 30.9 Å². The van der Waals surface area contributed by atoms with Crippen LogP contribution >= 0.6 is 0 Å². The topological polar surface area (TPSA) is 0 Å². The van der Waals surface area contributed by atoms with E-state index in [1.807, 2.05) is 0 Å². The van der Waals surface area contributed by atoms with Crippen LogP contribution in [0, 0.1) is 0 Å². The van der Waals surface area contributed by atoms with Crippen molar-refractivity contribution in [1.82, 2.24) is 0 Å². The normalized spacial score (nSPS) is 14.9. The van der Waals surface area contributed by atoms with Crippen LogP contribution < -0.4 is 0 Å². The predicted octanol–water partition coefficient (Wildman–Crippen LogP) is 4.94. The fraction of sp³-hybridized carbons (Fsp3) is 0.222. The first kappa shape index (κ1) is 11.3. The molecule has 0 radical (unpaired) electrons. The Morgan fingerprint density at radius 3 is 1.89 bits per heavy atom. The molecular formula is C18H18. The van der Waals surface area contributed by atoms with Gasteiger partial charge in [-0.1, -0.05) is 68.0 Å². The number of allylic oxidation sites excluding steroid dienone is 1. The molecule has 1 aliphatic rings. The van der Waals surface area contributed by atoms with Crippen LogP contribution in [0.15, 0.2) is 61.2 Å². The third-order valence-corrected chi connectivity index (χ3v) is 4.10. The summed E-state index contributed by atoms with van der Waals surface area (Å²) in [5, 5.41) is 0. The molecule has 0 fully saturated rings. The molecule has 0 aromatic heterocycles. The third-order valence-electron chi connectivity index (χ3n) is 4.10. The Bertz CT molecular complexity index is 547. The van der Waals surface area contributed by atoms with Crippen molar-refractivity contribution < 1.29 is 0 Å². The van der Waals surface area contributed by atoms with Gasteiger partial charge in [0.05, 0.1) is 0 Å². The van der Waals surface area contributed by atoms with Crippen LogP contribution in [0.5, 0.6) is 0 Å². The molecule has 0 bridgehead atoms. The molecule has 2 aromatic rings. The monoisotopic (exact) mass is 234 g/mol. The summed E-state index contributed by atoms with van der Waals surface area (Å²) >= 11 is 0. The van der Waals surface area contributed by atoms with E-state index < -0.39 is 0 Å². The van der Waals surface area contributed by atoms with Crippen LogP contribution in [0.3, 0.4) is 0 Å². The van der Waals surface area contributed by atoms with Crippen molar-refractivity contribution in [2.75, 3.05) is 0 Å². The predicted molar refractivity (Wildman–Crippen MR) is 77.8 cm³/mol. The fourth-order valence-corrected chi connectivity index (χ4v) is 3.34. The molecule has 3 rings (SSSR count). The standard InChI is InChI=1S/C18H18/c1-3-13-18(4-2)16-11-7-5-9-14(16)15-10-6-8-12-17(15)18/h4-12H,2-3,13H2,1H3. The lowest BCUT2D eigenvalue weighted by molar-refractivity contribution is 0.584. The van der Waals surface area contributed by atoms with Crippen molar-refractivity contribution >= 4 is 0 Å². The van der Waals surface area contributed by atoms with Crippen LogP contribution in [0.2, 0.25) is 0 Å². The summed E-state index contributed by atoms with van der Waals surface area (Å²) in [6, 6.07) is 17.5. The summed E-state index contributed by atoms with van der Waals surface area (Å²) in [6.07, 6.45) is 4.43. The molecule has 0 saturated carbocycles. The Morgan fingerprint density at radius 1 is 0.944 bits per heavy atom. The zero-order valence-electron chi connectivity index (χ0n) is 10.8. The number of hydrogen-bond donors (Lipinski definition) is 0. The molecule has 0 heteroatoms. The summed E-state index contributed by atoms with van der Waals surface area (Å²) in [4.78, 5) is 0. The number of hydrogen-bond acceptors (Lipinski definition) is 0. The van der Waals surface area contributed by atoms with Crippen LogP contribution in [0.4, 0.5) is 0 Å². The highest BCUT2D eigenvalue weighted by molar-refractivity contribution is 5.82. The van der Waals surface area contributed by atoms with E-state index in [0.717, 1.165) is 12.8 Å². The molecule has 0 nitrogen and oxygen atoms in total. The quantitative estimate of drug-likeness (QED) is 0.660. The molecule has 0 atom stereocenters. The summed E-state index contributed by atoms with van der Waals surface area (Å²) < 4.78 is 0. The van der Waals surface area contributed by atoms with Gasteiger partial charge in [0.25, 0.3) is 0 Å². The van der Waals surface area contributed by atoms with Gasteiger partial charge < -0.3 is 0 Å². The van der Waals surface area contributed by atoms with Gasteiger partial charge in [0.1, 0.15) is 0 Å². The van der Waals surface area contributed by atoms with Gasteiger partial charge in [-0.3, -0.25) is 0 Å². The van der Waals surface area contributed by atoms with E-state index in [4.69, 9.17) is 0 Å². The van der Waals surface area contributed by atoms with Gasteiger partial charge in [-0.25, -0.2) is 0 Å². The maximum Gasteiger partial charge on any atom is 0.0391 e. The van der Waals surface area contributed by atoms with E-state index in [0.29, 0.717) is 0 Å². The smallest absolute Gasteiger partial charge is 0.0391 e. The highest BCUT2D eigenvalue weighted by Gasteiger charge is 2.39. The maximum absolute atomic E-state index is 4.13. The number of benzene rings is 2. The second-order valence-electron chi connectivity index (χ2n) is 5.02. The molecule has 0 unspecified atom stereocenters. The second kappa shape index (κ2) is 4.13. The Morgan fingerprint density at radius 2 is 1.44 bits per heavy atom. The lowest BCUT2D eigenvalue weighted by Gasteiger charge is -2.28. The molecule has 18 heavy (non-hydrogen) atoms. The summed E-state index contributed by atoms with van der Waals surface area (Å²) in [7, 11) is 0. The first-order valence-electron chi connectivity index (χ1n) is 6.66. The van der Waals surface area contributed by atoms with Crippen molar-refractivity contribution in [2.45, 2.75) is 25.2 Å². The Labute approximate surface area is 109 Å². The van der Waals surface area contributed by atoms with Gasteiger partial charge in [-0.05, 0) is 28.7 Å². The van der Waals surface area contributed by atoms with Crippen LogP contribution in [0.25, 0.3) is 11.1 Å². The first-order valence-corrected chi connectivity index (χ1v) is 6.66. The zero-order valence-corrected chi connectivity index (χ0v) is 10.8. The van der Waals surface area contributed by atoms with E-state index >= 15 is 0 Å². The molecule has 2 aromatic carbocycles. The van der Waals surface area contributed by atoms with E-state index in [1.54, 1.807) is 0 Å². The molecule has 0 N–H and O–H groups in total. The number of rotatable bonds is 3. The van der Waals surface area contributed by atoms with Crippen molar-refractivity contribution in [1.29, 1.82) is 0 Å². The van der Waals surface area contributed by atoms with E-state index in [9.17, 15) is 0 Å². The highest BCUT2D eigenvalue weighted by Crippen LogP contribution is 2.51. The minimum absolute atomic E-state index is 0.0158. The SMILES string of the molecule is C=CC1(CCC)c2ccccc2-c2ccccc21. The molecule has 0 heterocycles. The average Bonchev–Trinajstić information content (AvgIpc) is 2.72. The van der Waals surface area contributed by atoms with Crippen LogP contribution in [-0.4, -0.2) is 0 Å². The largest absolute Gasteiger partial charge is 0.102 e. The molecule has 0 spiro atoms. The van der Waals surface area contributed by atoms with Gasteiger partial charge in [-0.15, -0.1) is 6.58 Å². The minimum atomic E-state index is 0.0158. The lowest BCUT2D eigenvalue weighted by atomic mass is 9.75. The zero-order chi connectivity index (χ0) is 12.6. The number of fused-ring (bicyclic) bond motifs is 3. The first-order chi connectivity index (χ1) is 8.83. The van der Waals surface area contributed by atoms with Gasteiger partial charge >= 0.3 is 0 Å². The fourth-order valence-electron chi connectivity index (χ4n) is 3.34.